The maximum atomic E-state index is 12.8. The second kappa shape index (κ2) is 6.78. The molecular formula is C19H17ClN4OS. The summed E-state index contributed by atoms with van der Waals surface area (Å²) < 4.78 is 1.90. The molecule has 1 atom stereocenters. The molecule has 2 aromatic carbocycles. The van der Waals surface area contributed by atoms with Crippen molar-refractivity contribution in [3.63, 3.8) is 0 Å². The van der Waals surface area contributed by atoms with E-state index in [1.165, 1.54) is 0 Å². The summed E-state index contributed by atoms with van der Waals surface area (Å²) in [5, 5.41) is 9.68. The molecule has 0 aliphatic carbocycles. The summed E-state index contributed by atoms with van der Waals surface area (Å²) in [5.74, 6) is -0.00624. The zero-order valence-corrected chi connectivity index (χ0v) is 16.0. The molecule has 2 heterocycles. The molecule has 0 spiro atoms. The van der Waals surface area contributed by atoms with Gasteiger partial charge in [0, 0.05) is 28.6 Å². The lowest BCUT2D eigenvalue weighted by atomic mass is 10.1. The van der Waals surface area contributed by atoms with Crippen LogP contribution in [0.25, 0.3) is 0 Å². The standard InChI is InChI=1S/C19H17ClN4OS/c1-12(26-19-22-21-11-23(19)2)13-4-3-5-16(8-13)24-10-14-6-7-15(20)9-17(14)18(24)25/h3-9,11-12H,10H2,1-2H3. The number of halogens is 1. The molecule has 1 aromatic heterocycles. The van der Waals surface area contributed by atoms with Gasteiger partial charge in [-0.2, -0.15) is 0 Å². The fourth-order valence-electron chi connectivity index (χ4n) is 3.03. The number of aromatic nitrogens is 3. The van der Waals surface area contributed by atoms with Crippen LogP contribution in [0.1, 0.15) is 33.7 Å². The van der Waals surface area contributed by atoms with Gasteiger partial charge in [-0.05, 0) is 42.3 Å². The van der Waals surface area contributed by atoms with E-state index in [2.05, 4.69) is 29.3 Å². The Bertz CT molecular complexity index is 987. The first-order chi connectivity index (χ1) is 12.5. The van der Waals surface area contributed by atoms with E-state index in [0.717, 1.165) is 22.0 Å². The normalized spacial score (nSPS) is 14.6. The van der Waals surface area contributed by atoms with Crippen LogP contribution in [0.4, 0.5) is 5.69 Å². The summed E-state index contributed by atoms with van der Waals surface area (Å²) in [5.41, 5.74) is 3.72. The lowest BCUT2D eigenvalue weighted by molar-refractivity contribution is 0.0996. The number of hydrogen-bond acceptors (Lipinski definition) is 4. The van der Waals surface area contributed by atoms with Gasteiger partial charge in [0.25, 0.3) is 5.91 Å². The van der Waals surface area contributed by atoms with E-state index in [4.69, 9.17) is 11.6 Å². The van der Waals surface area contributed by atoms with Gasteiger partial charge in [-0.15, -0.1) is 10.2 Å². The lowest BCUT2D eigenvalue weighted by Gasteiger charge is -2.18. The highest BCUT2D eigenvalue weighted by atomic mass is 35.5. The van der Waals surface area contributed by atoms with E-state index in [1.54, 1.807) is 29.1 Å². The summed E-state index contributed by atoms with van der Waals surface area (Å²) in [7, 11) is 1.93. The Morgan fingerprint density at radius 1 is 1.23 bits per heavy atom. The van der Waals surface area contributed by atoms with Gasteiger partial charge in [-0.3, -0.25) is 4.79 Å². The molecule has 3 aromatic rings. The van der Waals surface area contributed by atoms with Crippen LogP contribution in [-0.2, 0) is 13.6 Å². The number of nitrogens with zero attached hydrogens (tertiary/aromatic N) is 4. The molecule has 132 valence electrons. The molecule has 26 heavy (non-hydrogen) atoms. The topological polar surface area (TPSA) is 51.0 Å². The molecule has 1 amide bonds. The molecule has 1 unspecified atom stereocenters. The molecule has 0 saturated carbocycles. The van der Waals surface area contributed by atoms with Gasteiger partial charge in [0.1, 0.15) is 6.33 Å². The Morgan fingerprint density at radius 3 is 2.85 bits per heavy atom. The molecule has 4 rings (SSSR count). The van der Waals surface area contributed by atoms with Crippen LogP contribution in [0.15, 0.2) is 53.9 Å². The van der Waals surface area contributed by atoms with E-state index >= 15 is 0 Å². The third-order valence-electron chi connectivity index (χ3n) is 4.48. The van der Waals surface area contributed by atoms with Crippen molar-refractivity contribution >= 4 is 35.0 Å². The third kappa shape index (κ3) is 3.10. The molecule has 5 nitrogen and oxygen atoms in total. The summed E-state index contributed by atoms with van der Waals surface area (Å²) in [4.78, 5) is 14.6. The van der Waals surface area contributed by atoms with Gasteiger partial charge in [0.2, 0.25) is 0 Å². The van der Waals surface area contributed by atoms with E-state index in [1.807, 2.05) is 35.9 Å². The smallest absolute Gasteiger partial charge is 0.258 e. The van der Waals surface area contributed by atoms with Gasteiger partial charge in [0.15, 0.2) is 5.16 Å². The van der Waals surface area contributed by atoms with E-state index in [-0.39, 0.29) is 11.2 Å². The minimum Gasteiger partial charge on any atom is -0.312 e. The van der Waals surface area contributed by atoms with Gasteiger partial charge < -0.3 is 9.47 Å². The van der Waals surface area contributed by atoms with Gasteiger partial charge in [-0.1, -0.05) is 41.6 Å². The minimum atomic E-state index is -0.00624. The third-order valence-corrected chi connectivity index (χ3v) is 5.92. The number of carbonyl (C=O) groups excluding carboxylic acids is 1. The number of thioether (sulfide) groups is 1. The summed E-state index contributed by atoms with van der Waals surface area (Å²) in [6.45, 7) is 2.69. The van der Waals surface area contributed by atoms with Crippen LogP contribution < -0.4 is 4.90 Å². The number of rotatable bonds is 4. The lowest BCUT2D eigenvalue weighted by Crippen LogP contribution is -2.23. The number of hydrogen-bond donors (Lipinski definition) is 0. The van der Waals surface area contributed by atoms with E-state index in [0.29, 0.717) is 17.1 Å². The summed E-state index contributed by atoms with van der Waals surface area (Å²) >= 11 is 7.68. The van der Waals surface area contributed by atoms with Crippen molar-refractivity contribution < 1.29 is 4.79 Å². The highest BCUT2D eigenvalue weighted by molar-refractivity contribution is 7.99. The second-order valence-corrected chi connectivity index (χ2v) is 8.02. The van der Waals surface area contributed by atoms with E-state index < -0.39 is 0 Å². The molecular weight excluding hydrogens is 368 g/mol. The Morgan fingerprint density at radius 2 is 2.08 bits per heavy atom. The number of amides is 1. The highest BCUT2D eigenvalue weighted by Crippen LogP contribution is 2.36. The number of carbonyl (C=O) groups is 1. The van der Waals surface area contributed by atoms with Crippen LogP contribution in [0, 0.1) is 0 Å². The predicted octanol–water partition coefficient (Wildman–Crippen LogP) is 4.48. The Balaban J connectivity index is 1.59. The maximum absolute atomic E-state index is 12.8. The quantitative estimate of drug-likeness (QED) is 0.622. The molecule has 0 N–H and O–H groups in total. The first kappa shape index (κ1) is 17.1. The zero-order valence-electron chi connectivity index (χ0n) is 14.4. The van der Waals surface area contributed by atoms with Crippen molar-refractivity contribution in [2.75, 3.05) is 4.90 Å². The SMILES string of the molecule is CC(Sc1nncn1C)c1cccc(N2Cc3ccc(Cl)cc3C2=O)c1. The molecule has 0 fully saturated rings. The Hall–Kier alpha value is -2.31. The average molecular weight is 385 g/mol. The molecule has 0 saturated heterocycles. The number of aryl methyl sites for hydroxylation is 1. The fourth-order valence-corrected chi connectivity index (χ4v) is 4.11. The molecule has 1 aliphatic heterocycles. The van der Waals surface area contributed by atoms with Crippen LogP contribution in [-0.4, -0.2) is 20.7 Å². The summed E-state index contributed by atoms with van der Waals surface area (Å²) in [6.07, 6.45) is 1.69. The van der Waals surface area contributed by atoms with Crippen molar-refractivity contribution in [1.82, 2.24) is 14.8 Å². The van der Waals surface area contributed by atoms with E-state index in [9.17, 15) is 4.79 Å². The van der Waals surface area contributed by atoms with Crippen LogP contribution in [0.3, 0.4) is 0 Å². The largest absolute Gasteiger partial charge is 0.312 e. The van der Waals surface area contributed by atoms with Gasteiger partial charge in [-0.25, -0.2) is 0 Å². The molecule has 0 radical (unpaired) electrons. The molecule has 1 aliphatic rings. The first-order valence-electron chi connectivity index (χ1n) is 8.24. The number of benzene rings is 2. The van der Waals surface area contributed by atoms with Crippen molar-refractivity contribution in [1.29, 1.82) is 0 Å². The summed E-state index contributed by atoms with van der Waals surface area (Å²) in [6, 6.07) is 13.6. The van der Waals surface area contributed by atoms with Gasteiger partial charge >= 0.3 is 0 Å². The van der Waals surface area contributed by atoms with Crippen LogP contribution >= 0.6 is 23.4 Å². The van der Waals surface area contributed by atoms with Crippen molar-refractivity contribution in [3.05, 3.63) is 70.5 Å². The minimum absolute atomic E-state index is 0.00624. The van der Waals surface area contributed by atoms with Crippen LogP contribution in [0.5, 0.6) is 0 Å². The zero-order chi connectivity index (χ0) is 18.3. The van der Waals surface area contributed by atoms with Crippen molar-refractivity contribution in [2.45, 2.75) is 23.9 Å². The first-order valence-corrected chi connectivity index (χ1v) is 9.49. The highest BCUT2D eigenvalue weighted by Gasteiger charge is 2.29. The monoisotopic (exact) mass is 384 g/mol. The fraction of sp³-hybridized carbons (Fsp3) is 0.211. The average Bonchev–Trinajstić information content (AvgIpc) is 3.19. The number of anilines is 1. The Kier molecular flexibility index (Phi) is 4.46. The maximum Gasteiger partial charge on any atom is 0.258 e. The Labute approximate surface area is 161 Å². The van der Waals surface area contributed by atoms with Crippen LogP contribution in [0.2, 0.25) is 5.02 Å². The van der Waals surface area contributed by atoms with Crippen molar-refractivity contribution in [3.8, 4) is 0 Å². The van der Waals surface area contributed by atoms with Crippen molar-refractivity contribution in [2.24, 2.45) is 7.05 Å². The van der Waals surface area contributed by atoms with Gasteiger partial charge in [0.05, 0.1) is 6.54 Å². The second-order valence-electron chi connectivity index (χ2n) is 6.27. The predicted molar refractivity (Wildman–Crippen MR) is 104 cm³/mol. The molecule has 7 heteroatoms. The number of fused-ring (bicyclic) bond motifs is 1. The molecule has 0 bridgehead atoms.